The first-order chi connectivity index (χ1) is 67.3. The smallest absolute Gasteiger partial charge is 0.224 e. The molecule has 12 rings (SSSR count). The maximum atomic E-state index is 11.8. The van der Waals surface area contributed by atoms with E-state index in [1.165, 1.54) is 79.4 Å². The van der Waals surface area contributed by atoms with Crippen LogP contribution in [0.5, 0.6) is 46.5 Å². The fourth-order valence-electron chi connectivity index (χ4n) is 13.5. The molecule has 4 heterocycles. The summed E-state index contributed by atoms with van der Waals surface area (Å²) in [5.41, 5.74) is 7.58. The Balaban J connectivity index is 0.000000848. The number of fused-ring (bicyclic) bond motifs is 4. The number of benzene rings is 8. The summed E-state index contributed by atoms with van der Waals surface area (Å²) in [5, 5.41) is 48.3. The number of aliphatic hydroxyl groups excluding tert-OH is 4. The zero-order valence-electron chi connectivity index (χ0n) is 94.9. The van der Waals surface area contributed by atoms with Crippen LogP contribution in [-0.2, 0) is 99.6 Å². The molecule has 0 bridgehead atoms. The normalized spacial score (nSPS) is 12.0. The molecule has 0 aliphatic heterocycles. The summed E-state index contributed by atoms with van der Waals surface area (Å²) < 4.78 is 23.6. The van der Waals surface area contributed by atoms with Gasteiger partial charge < -0.3 is 39.4 Å². The third-order valence-electron chi connectivity index (χ3n) is 28.1. The van der Waals surface area contributed by atoms with Crippen LogP contribution >= 0.6 is 0 Å². The summed E-state index contributed by atoms with van der Waals surface area (Å²) in [7, 11) is 0. The van der Waals surface area contributed by atoms with Crippen LogP contribution in [0, 0.1) is 95.3 Å². The van der Waals surface area contributed by atoms with E-state index in [-0.39, 0.29) is 170 Å². The molecule has 0 spiro atoms. The van der Waals surface area contributed by atoms with Gasteiger partial charge in [-0.3, -0.25) is 19.2 Å². The van der Waals surface area contributed by atoms with E-state index >= 15 is 0 Å². The van der Waals surface area contributed by atoms with E-state index in [4.69, 9.17) is 18.9 Å². The number of hydrogen-bond acceptors (Lipinski definition) is 16. The van der Waals surface area contributed by atoms with Crippen LogP contribution < -0.4 is 18.9 Å². The van der Waals surface area contributed by atoms with E-state index < -0.39 is 0 Å². The van der Waals surface area contributed by atoms with Gasteiger partial charge in [-0.15, -0.1) is 48.5 Å². The van der Waals surface area contributed by atoms with Gasteiger partial charge in [-0.2, -0.15) is 72.8 Å². The zero-order chi connectivity index (χ0) is 108. The molecule has 20 heteroatoms. The molecule has 0 saturated heterocycles. The minimum Gasteiger partial charge on any atom is -0.512 e. The molecular formula is C128H168Ir4N4O12-4. The zero-order valence-corrected chi connectivity index (χ0v) is 105. The number of carbonyl (C=O) groups is 4. The summed E-state index contributed by atoms with van der Waals surface area (Å²) in [5.74, 6) is 8.00. The number of ether oxygens (including phenoxy) is 4. The van der Waals surface area contributed by atoms with Crippen molar-refractivity contribution in [1.29, 1.82) is 0 Å². The van der Waals surface area contributed by atoms with Crippen molar-refractivity contribution in [1.82, 2.24) is 19.9 Å². The van der Waals surface area contributed by atoms with Gasteiger partial charge in [0.25, 0.3) is 0 Å². The largest absolute Gasteiger partial charge is 0.512 e. The Bertz CT molecular complexity index is 6030. The molecule has 0 atom stereocenters. The number of allylic oxidation sites excluding steroid dienone is 8. The van der Waals surface area contributed by atoms with Gasteiger partial charge >= 0.3 is 0 Å². The number of aryl methyl sites for hydroxylation is 4. The van der Waals surface area contributed by atoms with Gasteiger partial charge in [-0.05, 0) is 206 Å². The molecule has 4 radical (unpaired) electrons. The van der Waals surface area contributed by atoms with Gasteiger partial charge in [-0.25, -0.2) is 19.9 Å². The standard InChI is InChI=1S/C21H22NO.2C19H18NO.C17H14NO.4C13H24O2.4Ir/c1-14(2)16-12-19(15(3)4)18-10-11-22-21(20(18)13-16)23-17-8-6-5-7-9-17;1-13(2)17-12-15-9-10-20-19(18(15)11-14(17)3)21-16-7-5-4-6-8-16;1-13(2)16-9-10-18-17(14(16)3)11-12-20-19(18)21-15-7-5-4-6-8-15;1-12-8-9-15-13(2)11-18-17(16(15)10-12)19-14-6-4-3-5-7-14;4*1-7-12(3,4)10(14)9-11(15)13(5,6)8-2;;;;/h5-8,10-15H,1-4H3;2*4-7,9-13H,1-3H3;3-6,8-11H,1-2H3;4*9,14H,7-8H2,1-6H3;;;;/q4*-1;;;;;;;;. The quantitative estimate of drug-likeness (QED) is 0.0174. The minimum atomic E-state index is -0.377. The van der Waals surface area contributed by atoms with Gasteiger partial charge in [0.05, 0.1) is 0 Å². The molecule has 16 nitrogen and oxygen atoms in total. The van der Waals surface area contributed by atoms with Crippen molar-refractivity contribution >= 4 is 66.2 Å². The summed E-state index contributed by atoms with van der Waals surface area (Å²) in [6.07, 6.45) is 19.2. The number of carbonyl (C=O) groups excluding carboxylic acids is 4. The first-order valence-electron chi connectivity index (χ1n) is 51.3. The Morgan fingerprint density at radius 2 is 0.601 bits per heavy atom. The van der Waals surface area contributed by atoms with E-state index in [0.29, 0.717) is 70.2 Å². The number of pyridine rings is 4. The maximum Gasteiger partial charge on any atom is 0.224 e. The van der Waals surface area contributed by atoms with Crippen molar-refractivity contribution in [3.05, 3.63) is 311 Å². The van der Waals surface area contributed by atoms with Crippen molar-refractivity contribution < 1.29 is 139 Å². The van der Waals surface area contributed by atoms with Crippen LogP contribution in [0.15, 0.2) is 242 Å². The van der Waals surface area contributed by atoms with Gasteiger partial charge in [0.1, 0.15) is 23.0 Å². The van der Waals surface area contributed by atoms with Crippen molar-refractivity contribution in [3.8, 4) is 46.5 Å². The molecule has 0 unspecified atom stereocenters. The molecule has 0 aliphatic rings. The van der Waals surface area contributed by atoms with E-state index in [9.17, 15) is 39.6 Å². The predicted octanol–water partition coefficient (Wildman–Crippen LogP) is 36.5. The minimum absolute atomic E-state index is 0. The molecule has 4 aromatic heterocycles. The fraction of sp³-hybridized carbons (Fsp3) is 0.438. The molecule has 812 valence electrons. The number of para-hydroxylation sites is 4. The number of aliphatic hydroxyl groups is 4. The SMILES string of the molecule is CC(C)c1cc(C(C)C)c2ccnc(Oc3[c-]cccc3)c2c1.CCC(C)(C)C(=O)C=C(O)C(C)(C)CC.CCC(C)(C)C(=O)C=C(O)C(C)(C)CC.CCC(C)(C)C(=O)C=C(O)C(C)(C)CC.CCC(C)(C)C(=O)C=C(O)C(C)(C)CC.Cc1c(C(C)C)ccc2c(Oc3[c-]cccc3)nccc12.Cc1cc2c(Oc3[c-]cccc3)nccc2cc1C(C)C.Cc1ccc2c(C)cnc(Oc3[c-]cccc3)c2c1.[Ir].[Ir].[Ir].[Ir]. The molecule has 0 fully saturated rings. The first kappa shape index (κ1) is 136. The summed E-state index contributed by atoms with van der Waals surface area (Å²) in [6.45, 7) is 72.8. The molecule has 0 saturated carbocycles. The van der Waals surface area contributed by atoms with Crippen molar-refractivity contribution in [3.63, 3.8) is 0 Å². The third kappa shape index (κ3) is 40.6. The van der Waals surface area contributed by atoms with Crippen molar-refractivity contribution in [2.75, 3.05) is 0 Å². The number of rotatable bonds is 32. The van der Waals surface area contributed by atoms with Crippen LogP contribution in [0.2, 0.25) is 0 Å². The van der Waals surface area contributed by atoms with Crippen LogP contribution in [0.3, 0.4) is 0 Å². The Morgan fingerprint density at radius 1 is 0.297 bits per heavy atom. The fourth-order valence-corrected chi connectivity index (χ4v) is 13.5. The Labute approximate surface area is 942 Å². The van der Waals surface area contributed by atoms with Crippen molar-refractivity contribution in [2.24, 2.45) is 43.3 Å². The van der Waals surface area contributed by atoms with Crippen LogP contribution in [-0.4, -0.2) is 63.5 Å². The number of hydrogen-bond donors (Lipinski definition) is 4. The van der Waals surface area contributed by atoms with Crippen molar-refractivity contribution in [2.45, 2.75) is 324 Å². The van der Waals surface area contributed by atoms with Crippen LogP contribution in [0.25, 0.3) is 43.1 Å². The van der Waals surface area contributed by atoms with E-state index in [2.05, 4.69) is 194 Å². The Hall–Kier alpha value is -9.96. The van der Waals surface area contributed by atoms with Gasteiger partial charge in [0.2, 0.25) is 23.5 Å². The second-order valence-electron chi connectivity index (χ2n) is 43.6. The van der Waals surface area contributed by atoms with Crippen LogP contribution in [0.4, 0.5) is 0 Å². The molecule has 148 heavy (non-hydrogen) atoms. The topological polar surface area (TPSA) is 238 Å². The van der Waals surface area contributed by atoms with Crippen LogP contribution in [0.1, 0.15) is 341 Å². The molecule has 0 amide bonds. The van der Waals surface area contributed by atoms with E-state index in [1.807, 2.05) is 282 Å². The van der Waals surface area contributed by atoms with Gasteiger partial charge in [-0.1, -0.05) is 257 Å². The van der Waals surface area contributed by atoms with Gasteiger partial charge in [0, 0.05) is 217 Å². The number of aromatic nitrogens is 4. The van der Waals surface area contributed by atoms with E-state index in [1.54, 1.807) is 12.4 Å². The van der Waals surface area contributed by atoms with Gasteiger partial charge in [0.15, 0.2) is 23.1 Å². The number of ketones is 4. The average Bonchev–Trinajstić information content (AvgIpc) is 0.782. The third-order valence-corrected chi connectivity index (χ3v) is 28.1. The molecule has 8 aromatic carbocycles. The summed E-state index contributed by atoms with van der Waals surface area (Å²) in [6, 6.07) is 68.2. The predicted molar refractivity (Wildman–Crippen MR) is 599 cm³/mol. The number of nitrogens with zero attached hydrogens (tertiary/aromatic N) is 4. The Kier molecular flexibility index (Phi) is 57.1. The molecular weight excluding hydrogens is 2550 g/mol. The first-order valence-corrected chi connectivity index (χ1v) is 51.3. The average molecular weight is 2720 g/mol. The Morgan fingerprint density at radius 3 is 0.919 bits per heavy atom. The molecule has 0 aliphatic carbocycles. The second kappa shape index (κ2) is 62.1. The molecule has 12 aromatic rings. The maximum absolute atomic E-state index is 11.8. The summed E-state index contributed by atoms with van der Waals surface area (Å²) in [4.78, 5) is 64.9. The van der Waals surface area contributed by atoms with E-state index in [0.717, 1.165) is 83.9 Å². The monoisotopic (exact) mass is 2730 g/mol. The second-order valence-corrected chi connectivity index (χ2v) is 43.6. The molecule has 4 N–H and O–H groups in total. The summed E-state index contributed by atoms with van der Waals surface area (Å²) >= 11 is 0.